The Labute approximate surface area is 106 Å². The zero-order chi connectivity index (χ0) is 12.1. The van der Waals surface area contributed by atoms with E-state index in [0.29, 0.717) is 0 Å². The summed E-state index contributed by atoms with van der Waals surface area (Å²) in [6.45, 7) is 6.95. The first kappa shape index (κ1) is 13.3. The summed E-state index contributed by atoms with van der Waals surface area (Å²) < 4.78 is 5.12. The van der Waals surface area contributed by atoms with Crippen LogP contribution in [0.5, 0.6) is 0 Å². The molecule has 2 rings (SSSR count). The van der Waals surface area contributed by atoms with E-state index in [-0.39, 0.29) is 0 Å². The molecule has 0 radical (unpaired) electrons. The summed E-state index contributed by atoms with van der Waals surface area (Å²) in [5, 5.41) is 3.75. The van der Waals surface area contributed by atoms with E-state index in [4.69, 9.17) is 4.74 Å². The molecule has 1 aliphatic carbocycles. The van der Waals surface area contributed by atoms with Crippen LogP contribution in [0.15, 0.2) is 0 Å². The van der Waals surface area contributed by atoms with Crippen molar-refractivity contribution >= 4 is 0 Å². The Bertz CT molecular complexity index is 218. The highest BCUT2D eigenvalue weighted by Gasteiger charge is 2.36. The molecule has 0 aromatic rings. The number of ether oxygens (including phenoxy) is 1. The fourth-order valence-electron chi connectivity index (χ4n) is 2.93. The van der Waals surface area contributed by atoms with Gasteiger partial charge in [-0.3, -0.25) is 4.90 Å². The van der Waals surface area contributed by atoms with Gasteiger partial charge in [-0.05, 0) is 44.6 Å². The lowest BCUT2D eigenvalue weighted by molar-refractivity contribution is 0.111. The van der Waals surface area contributed by atoms with Crippen LogP contribution in [0.4, 0.5) is 0 Å². The molecular formula is C14H28N2O. The van der Waals surface area contributed by atoms with Gasteiger partial charge in [0.15, 0.2) is 0 Å². The molecule has 1 N–H and O–H groups in total. The van der Waals surface area contributed by atoms with E-state index in [0.717, 1.165) is 24.6 Å². The number of hydrogen-bond acceptors (Lipinski definition) is 3. The highest BCUT2D eigenvalue weighted by Crippen LogP contribution is 2.34. The average Bonchev–Trinajstić information content (AvgIpc) is 3.18. The zero-order valence-corrected chi connectivity index (χ0v) is 11.5. The second kappa shape index (κ2) is 6.72. The van der Waals surface area contributed by atoms with Gasteiger partial charge in [0.25, 0.3) is 0 Å². The van der Waals surface area contributed by atoms with Crippen LogP contribution in [0, 0.1) is 5.92 Å². The van der Waals surface area contributed by atoms with Crippen molar-refractivity contribution in [3.8, 4) is 0 Å². The Kier molecular flexibility index (Phi) is 5.26. The summed E-state index contributed by atoms with van der Waals surface area (Å²) in [7, 11) is 1.79. The van der Waals surface area contributed by atoms with Gasteiger partial charge in [0.1, 0.15) is 0 Å². The van der Waals surface area contributed by atoms with Crippen molar-refractivity contribution in [3.63, 3.8) is 0 Å². The standard InChI is InChI=1S/C14H28N2O/c1-3-13-10-15-14(12-6-7-12)11-16(13)8-4-5-9-17-2/h12-15H,3-11H2,1-2H3. The third kappa shape index (κ3) is 3.94. The van der Waals surface area contributed by atoms with Crippen molar-refractivity contribution in [3.05, 3.63) is 0 Å². The number of hydrogen-bond donors (Lipinski definition) is 1. The van der Waals surface area contributed by atoms with Crippen molar-refractivity contribution in [1.82, 2.24) is 10.2 Å². The molecule has 0 aromatic carbocycles. The maximum absolute atomic E-state index is 5.12. The minimum absolute atomic E-state index is 0.757. The third-order valence-corrected chi connectivity index (χ3v) is 4.27. The van der Waals surface area contributed by atoms with Crippen LogP contribution in [0.3, 0.4) is 0 Å². The Morgan fingerprint density at radius 3 is 2.76 bits per heavy atom. The SMILES string of the molecule is CCC1CNC(C2CC2)CN1CCCCOC. The number of unbranched alkanes of at least 4 members (excludes halogenated alkanes) is 1. The molecule has 1 saturated carbocycles. The lowest BCUT2D eigenvalue weighted by Gasteiger charge is -2.40. The summed E-state index contributed by atoms with van der Waals surface area (Å²) in [4.78, 5) is 2.72. The number of piperazine rings is 1. The monoisotopic (exact) mass is 240 g/mol. The smallest absolute Gasteiger partial charge is 0.0462 e. The van der Waals surface area contributed by atoms with E-state index in [9.17, 15) is 0 Å². The number of methoxy groups -OCH3 is 1. The van der Waals surface area contributed by atoms with Crippen molar-refractivity contribution < 1.29 is 4.74 Å². The molecule has 100 valence electrons. The van der Waals surface area contributed by atoms with Crippen molar-refractivity contribution in [2.75, 3.05) is 33.4 Å². The van der Waals surface area contributed by atoms with Crippen LogP contribution >= 0.6 is 0 Å². The second-order valence-corrected chi connectivity index (χ2v) is 5.61. The van der Waals surface area contributed by atoms with Gasteiger partial charge >= 0.3 is 0 Å². The summed E-state index contributed by atoms with van der Waals surface area (Å²) in [5.74, 6) is 0.981. The zero-order valence-electron chi connectivity index (χ0n) is 11.5. The fraction of sp³-hybridized carbons (Fsp3) is 1.00. The highest BCUT2D eigenvalue weighted by atomic mass is 16.5. The lowest BCUT2D eigenvalue weighted by atomic mass is 10.0. The molecule has 0 spiro atoms. The number of nitrogens with one attached hydrogen (secondary N) is 1. The van der Waals surface area contributed by atoms with Crippen molar-refractivity contribution in [2.24, 2.45) is 5.92 Å². The normalized spacial score (nSPS) is 30.7. The summed E-state index contributed by atoms with van der Waals surface area (Å²) in [5.41, 5.74) is 0. The van der Waals surface area contributed by atoms with Crippen molar-refractivity contribution in [2.45, 2.75) is 51.1 Å². The lowest BCUT2D eigenvalue weighted by Crippen LogP contribution is -2.57. The molecular weight excluding hydrogens is 212 g/mol. The van der Waals surface area contributed by atoms with E-state index in [2.05, 4.69) is 17.1 Å². The Balaban J connectivity index is 1.73. The van der Waals surface area contributed by atoms with E-state index in [1.165, 1.54) is 51.7 Å². The topological polar surface area (TPSA) is 24.5 Å². The first-order valence-electron chi connectivity index (χ1n) is 7.31. The molecule has 0 aromatic heterocycles. The highest BCUT2D eigenvalue weighted by molar-refractivity contribution is 4.94. The molecule has 0 amide bonds. The van der Waals surface area contributed by atoms with Gasteiger partial charge in [0.05, 0.1) is 0 Å². The van der Waals surface area contributed by atoms with Gasteiger partial charge in [0.2, 0.25) is 0 Å². The minimum Gasteiger partial charge on any atom is -0.385 e. The quantitative estimate of drug-likeness (QED) is 0.688. The summed E-state index contributed by atoms with van der Waals surface area (Å²) in [6, 6.07) is 1.53. The molecule has 2 aliphatic rings. The Hall–Kier alpha value is -0.120. The van der Waals surface area contributed by atoms with Crippen molar-refractivity contribution in [1.29, 1.82) is 0 Å². The van der Waals surface area contributed by atoms with Gasteiger partial charge in [-0.2, -0.15) is 0 Å². The predicted octanol–water partition coefficient (Wildman–Crippen LogP) is 1.88. The van der Waals surface area contributed by atoms with Gasteiger partial charge in [0, 0.05) is 38.9 Å². The van der Waals surface area contributed by atoms with Gasteiger partial charge in [-0.1, -0.05) is 6.92 Å². The Morgan fingerprint density at radius 2 is 2.12 bits per heavy atom. The molecule has 1 heterocycles. The maximum atomic E-state index is 5.12. The fourth-order valence-corrected chi connectivity index (χ4v) is 2.93. The minimum atomic E-state index is 0.757. The first-order chi connectivity index (χ1) is 8.35. The summed E-state index contributed by atoms with van der Waals surface area (Å²) >= 11 is 0. The van der Waals surface area contributed by atoms with E-state index >= 15 is 0 Å². The van der Waals surface area contributed by atoms with Crippen LogP contribution in [0.25, 0.3) is 0 Å². The molecule has 1 saturated heterocycles. The molecule has 17 heavy (non-hydrogen) atoms. The number of rotatable bonds is 7. The third-order valence-electron chi connectivity index (χ3n) is 4.27. The van der Waals surface area contributed by atoms with Gasteiger partial charge < -0.3 is 10.1 Å². The average molecular weight is 240 g/mol. The first-order valence-corrected chi connectivity index (χ1v) is 7.31. The van der Waals surface area contributed by atoms with Crippen LogP contribution < -0.4 is 5.32 Å². The van der Waals surface area contributed by atoms with Crippen LogP contribution in [0.1, 0.15) is 39.0 Å². The molecule has 1 aliphatic heterocycles. The van der Waals surface area contributed by atoms with E-state index < -0.39 is 0 Å². The van der Waals surface area contributed by atoms with Crippen LogP contribution in [-0.2, 0) is 4.74 Å². The maximum Gasteiger partial charge on any atom is 0.0462 e. The molecule has 2 fully saturated rings. The molecule has 2 unspecified atom stereocenters. The van der Waals surface area contributed by atoms with Gasteiger partial charge in [-0.15, -0.1) is 0 Å². The van der Waals surface area contributed by atoms with Crippen LogP contribution in [0.2, 0.25) is 0 Å². The molecule has 0 bridgehead atoms. The van der Waals surface area contributed by atoms with Crippen LogP contribution in [-0.4, -0.2) is 50.3 Å². The van der Waals surface area contributed by atoms with E-state index in [1.807, 2.05) is 0 Å². The van der Waals surface area contributed by atoms with E-state index in [1.54, 1.807) is 7.11 Å². The number of nitrogens with zero attached hydrogens (tertiary/aromatic N) is 1. The molecule has 3 nitrogen and oxygen atoms in total. The molecule has 2 atom stereocenters. The molecule has 3 heteroatoms. The predicted molar refractivity (Wildman–Crippen MR) is 71.3 cm³/mol. The summed E-state index contributed by atoms with van der Waals surface area (Å²) in [6.07, 6.45) is 6.65. The van der Waals surface area contributed by atoms with Gasteiger partial charge in [-0.25, -0.2) is 0 Å². The Morgan fingerprint density at radius 1 is 1.29 bits per heavy atom. The second-order valence-electron chi connectivity index (χ2n) is 5.61. The largest absolute Gasteiger partial charge is 0.385 e.